The summed E-state index contributed by atoms with van der Waals surface area (Å²) in [5.41, 5.74) is 0. The fourth-order valence-electron chi connectivity index (χ4n) is 3.99. The third kappa shape index (κ3) is 9.76. The molecule has 6 nitrogen and oxygen atoms in total. The molecule has 27 heavy (non-hydrogen) atoms. The van der Waals surface area contributed by atoms with Gasteiger partial charge in [0.1, 0.15) is 0 Å². The number of nitrogens with zero attached hydrogens (tertiary/aromatic N) is 3. The maximum Gasteiger partial charge on any atom is 0.191 e. The van der Waals surface area contributed by atoms with Crippen LogP contribution < -0.4 is 10.6 Å². The molecular weight excluding hydrogens is 453 g/mol. The first-order valence-corrected chi connectivity index (χ1v) is 10.6. The number of morpholine rings is 1. The van der Waals surface area contributed by atoms with Gasteiger partial charge in [-0.15, -0.1) is 24.0 Å². The van der Waals surface area contributed by atoms with Gasteiger partial charge in [0.15, 0.2) is 5.96 Å². The van der Waals surface area contributed by atoms with E-state index in [9.17, 15) is 0 Å². The van der Waals surface area contributed by atoms with Crippen molar-refractivity contribution in [1.29, 1.82) is 0 Å². The van der Waals surface area contributed by atoms with Crippen molar-refractivity contribution < 1.29 is 4.74 Å². The zero-order chi connectivity index (χ0) is 18.8. The summed E-state index contributed by atoms with van der Waals surface area (Å²) in [4.78, 5) is 9.77. The van der Waals surface area contributed by atoms with Crippen molar-refractivity contribution in [3.8, 4) is 0 Å². The maximum atomic E-state index is 5.92. The molecule has 0 radical (unpaired) electrons. The molecule has 2 fully saturated rings. The largest absolute Gasteiger partial charge is 0.374 e. The number of guanidine groups is 1. The zero-order valence-corrected chi connectivity index (χ0v) is 20.2. The van der Waals surface area contributed by atoms with Gasteiger partial charge in [-0.05, 0) is 32.7 Å². The molecule has 1 atom stereocenters. The lowest BCUT2D eigenvalue weighted by molar-refractivity contribution is -0.0261. The molecule has 1 aliphatic heterocycles. The van der Waals surface area contributed by atoms with Crippen LogP contribution in [-0.4, -0.2) is 87.4 Å². The second kappa shape index (κ2) is 14.0. The van der Waals surface area contributed by atoms with E-state index in [0.717, 1.165) is 64.4 Å². The summed E-state index contributed by atoms with van der Waals surface area (Å²) in [5.74, 6) is 1.62. The number of ether oxygens (including phenoxy) is 1. The van der Waals surface area contributed by atoms with Gasteiger partial charge in [-0.2, -0.15) is 0 Å². The highest BCUT2D eigenvalue weighted by Crippen LogP contribution is 2.21. The summed E-state index contributed by atoms with van der Waals surface area (Å²) in [5, 5.41) is 6.85. The lowest BCUT2D eigenvalue weighted by Crippen LogP contribution is -2.46. The van der Waals surface area contributed by atoms with Crippen LogP contribution >= 0.6 is 24.0 Å². The summed E-state index contributed by atoms with van der Waals surface area (Å²) in [6.45, 7) is 14.3. The fourth-order valence-corrected chi connectivity index (χ4v) is 3.99. The van der Waals surface area contributed by atoms with Gasteiger partial charge in [0.05, 0.1) is 19.3 Å². The van der Waals surface area contributed by atoms with E-state index in [1.807, 2.05) is 0 Å². The Morgan fingerprint density at radius 3 is 2.67 bits per heavy atom. The second-order valence-electron chi connectivity index (χ2n) is 8.21. The van der Waals surface area contributed by atoms with E-state index in [0.29, 0.717) is 5.92 Å². The molecule has 2 N–H and O–H groups in total. The molecule has 1 unspecified atom stereocenters. The fraction of sp³-hybridized carbons (Fsp3) is 0.950. The zero-order valence-electron chi connectivity index (χ0n) is 17.9. The molecule has 1 saturated carbocycles. The topological polar surface area (TPSA) is 52.1 Å². The van der Waals surface area contributed by atoms with E-state index in [2.05, 4.69) is 48.3 Å². The predicted octanol–water partition coefficient (Wildman–Crippen LogP) is 2.39. The molecular formula is C20H42IN5O. The summed E-state index contributed by atoms with van der Waals surface area (Å²) in [7, 11) is 2.25. The third-order valence-corrected chi connectivity index (χ3v) is 5.35. The van der Waals surface area contributed by atoms with Crippen molar-refractivity contribution in [3.63, 3.8) is 0 Å². The first-order chi connectivity index (χ1) is 12.6. The number of halogens is 1. The number of likely N-dealkylation sites (N-methyl/N-ethyl adjacent to an activating group) is 1. The first kappa shape index (κ1) is 24.9. The van der Waals surface area contributed by atoms with Gasteiger partial charge >= 0.3 is 0 Å². The highest BCUT2D eigenvalue weighted by atomic mass is 127. The highest BCUT2D eigenvalue weighted by molar-refractivity contribution is 14.0. The smallest absolute Gasteiger partial charge is 0.191 e. The number of hydrogen-bond acceptors (Lipinski definition) is 4. The van der Waals surface area contributed by atoms with E-state index in [-0.39, 0.29) is 30.1 Å². The molecule has 0 aromatic heterocycles. The SMILES string of the molecule is CCNC(=NCC1CN(CC(C)C)CCO1)NCCN(C)C1CCCC1.I. The normalized spacial score (nSPS) is 22.3. The standard InChI is InChI=1S/C20H41N5O.HI/c1-5-21-20(22-10-11-24(4)18-8-6-7-9-18)23-14-19-16-25(12-13-26-19)15-17(2)3;/h17-19H,5-16H2,1-4H3,(H2,21,22,23);1H. The molecule has 0 amide bonds. The third-order valence-electron chi connectivity index (χ3n) is 5.35. The highest BCUT2D eigenvalue weighted by Gasteiger charge is 2.21. The van der Waals surface area contributed by atoms with E-state index in [1.54, 1.807) is 0 Å². The van der Waals surface area contributed by atoms with E-state index >= 15 is 0 Å². The van der Waals surface area contributed by atoms with E-state index in [1.165, 1.54) is 25.7 Å². The quantitative estimate of drug-likeness (QED) is 0.292. The molecule has 0 bridgehead atoms. The Labute approximate surface area is 183 Å². The monoisotopic (exact) mass is 495 g/mol. The van der Waals surface area contributed by atoms with Crippen molar-refractivity contribution in [2.75, 3.05) is 59.5 Å². The Morgan fingerprint density at radius 1 is 1.26 bits per heavy atom. The summed E-state index contributed by atoms with van der Waals surface area (Å²) in [6, 6.07) is 0.777. The van der Waals surface area contributed by atoms with Crippen LogP contribution in [0.5, 0.6) is 0 Å². The van der Waals surface area contributed by atoms with Crippen LogP contribution in [0.15, 0.2) is 4.99 Å². The molecule has 0 aromatic carbocycles. The summed E-state index contributed by atoms with van der Waals surface area (Å²) in [6.07, 6.45) is 5.70. The van der Waals surface area contributed by atoms with Gasteiger partial charge in [0.2, 0.25) is 0 Å². The van der Waals surface area contributed by atoms with E-state index < -0.39 is 0 Å². The molecule has 0 spiro atoms. The van der Waals surface area contributed by atoms with Crippen molar-refractivity contribution in [2.45, 2.75) is 58.6 Å². The van der Waals surface area contributed by atoms with Gasteiger partial charge in [0.25, 0.3) is 0 Å². The molecule has 1 saturated heterocycles. The Balaban J connectivity index is 0.00000364. The average Bonchev–Trinajstić information content (AvgIpc) is 3.14. The molecule has 1 heterocycles. The maximum absolute atomic E-state index is 5.92. The van der Waals surface area contributed by atoms with Gasteiger partial charge in [-0.3, -0.25) is 9.89 Å². The Kier molecular flexibility index (Phi) is 12.9. The number of aliphatic imine (C=N–C) groups is 1. The molecule has 7 heteroatoms. The molecule has 0 aromatic rings. The van der Waals surface area contributed by atoms with E-state index in [4.69, 9.17) is 9.73 Å². The first-order valence-electron chi connectivity index (χ1n) is 10.6. The summed E-state index contributed by atoms with van der Waals surface area (Å²) < 4.78 is 5.92. The lowest BCUT2D eigenvalue weighted by Gasteiger charge is -2.33. The van der Waals surface area contributed by atoms with Crippen molar-refractivity contribution >= 4 is 29.9 Å². The molecule has 1 aliphatic carbocycles. The number of nitrogens with one attached hydrogen (secondary N) is 2. The Morgan fingerprint density at radius 2 is 2.00 bits per heavy atom. The Bertz CT molecular complexity index is 415. The average molecular weight is 495 g/mol. The van der Waals surface area contributed by atoms with Crippen LogP contribution in [0.4, 0.5) is 0 Å². The molecule has 2 aliphatic rings. The van der Waals surface area contributed by atoms with Gasteiger partial charge in [-0.25, -0.2) is 0 Å². The van der Waals surface area contributed by atoms with Crippen LogP contribution in [0.1, 0.15) is 46.5 Å². The van der Waals surface area contributed by atoms with Crippen molar-refractivity contribution in [2.24, 2.45) is 10.9 Å². The number of hydrogen-bond donors (Lipinski definition) is 2. The predicted molar refractivity (Wildman–Crippen MR) is 125 cm³/mol. The Hall–Kier alpha value is -0.120. The van der Waals surface area contributed by atoms with Gasteiger partial charge in [0, 0.05) is 45.3 Å². The molecule has 160 valence electrons. The second-order valence-corrected chi connectivity index (χ2v) is 8.21. The van der Waals surface area contributed by atoms with Gasteiger partial charge < -0.3 is 20.3 Å². The van der Waals surface area contributed by atoms with Crippen LogP contribution in [0, 0.1) is 5.92 Å². The summed E-state index contributed by atoms with van der Waals surface area (Å²) >= 11 is 0. The minimum Gasteiger partial charge on any atom is -0.374 e. The van der Waals surface area contributed by atoms with Gasteiger partial charge in [-0.1, -0.05) is 26.7 Å². The van der Waals surface area contributed by atoms with Crippen LogP contribution in [-0.2, 0) is 4.74 Å². The van der Waals surface area contributed by atoms with Crippen LogP contribution in [0.2, 0.25) is 0 Å². The van der Waals surface area contributed by atoms with Crippen molar-refractivity contribution in [3.05, 3.63) is 0 Å². The van der Waals surface area contributed by atoms with Crippen molar-refractivity contribution in [1.82, 2.24) is 20.4 Å². The lowest BCUT2D eigenvalue weighted by atomic mass is 10.2. The minimum absolute atomic E-state index is 0. The van der Waals surface area contributed by atoms with Crippen LogP contribution in [0.3, 0.4) is 0 Å². The molecule has 2 rings (SSSR count). The minimum atomic E-state index is 0. The number of rotatable bonds is 9. The van der Waals surface area contributed by atoms with Crippen LogP contribution in [0.25, 0.3) is 0 Å².